The van der Waals surface area contributed by atoms with Gasteiger partial charge in [-0.25, -0.2) is 0 Å². The van der Waals surface area contributed by atoms with Crippen LogP contribution in [0, 0.1) is 0 Å². The highest BCUT2D eigenvalue weighted by Crippen LogP contribution is 2.17. The first-order chi connectivity index (χ1) is 8.67. The first-order valence-corrected chi connectivity index (χ1v) is 6.95. The normalized spacial score (nSPS) is 10.4. The maximum Gasteiger partial charge on any atom is 0.230 e. The predicted octanol–water partition coefficient (Wildman–Crippen LogP) is 1.50. The van der Waals surface area contributed by atoms with E-state index in [0.29, 0.717) is 18.5 Å². The molecule has 0 radical (unpaired) electrons. The molecule has 0 aromatic carbocycles. The zero-order valence-electron chi connectivity index (χ0n) is 11.4. The monoisotopic (exact) mass is 271 g/mol. The van der Waals surface area contributed by atoms with E-state index in [9.17, 15) is 0 Å². The summed E-state index contributed by atoms with van der Waals surface area (Å²) in [4.78, 5) is 15.0. The summed E-state index contributed by atoms with van der Waals surface area (Å²) in [6.45, 7) is 3.65. The zero-order chi connectivity index (χ0) is 13.4. The third-order valence-electron chi connectivity index (χ3n) is 2.05. The van der Waals surface area contributed by atoms with Crippen LogP contribution in [0.1, 0.15) is 13.3 Å². The third-order valence-corrected chi connectivity index (χ3v) is 2.87. The van der Waals surface area contributed by atoms with Crippen molar-refractivity contribution >= 4 is 23.7 Å². The molecule has 1 rings (SSSR count). The molecule has 18 heavy (non-hydrogen) atoms. The van der Waals surface area contributed by atoms with Crippen molar-refractivity contribution in [2.75, 3.05) is 50.3 Å². The summed E-state index contributed by atoms with van der Waals surface area (Å²) in [5.41, 5.74) is 0. The van der Waals surface area contributed by atoms with Crippen molar-refractivity contribution < 1.29 is 4.74 Å². The molecule has 1 aromatic rings. The second kappa shape index (κ2) is 8.10. The van der Waals surface area contributed by atoms with Gasteiger partial charge in [-0.15, -0.1) is 0 Å². The van der Waals surface area contributed by atoms with Crippen LogP contribution in [0.3, 0.4) is 0 Å². The number of hydrogen-bond acceptors (Lipinski definition) is 7. The van der Waals surface area contributed by atoms with Gasteiger partial charge < -0.3 is 15.0 Å². The van der Waals surface area contributed by atoms with Crippen molar-refractivity contribution in [1.82, 2.24) is 15.0 Å². The highest BCUT2D eigenvalue weighted by Gasteiger charge is 2.08. The van der Waals surface area contributed by atoms with Crippen LogP contribution in [0.2, 0.25) is 0 Å². The molecule has 0 fully saturated rings. The fourth-order valence-corrected chi connectivity index (χ4v) is 1.87. The van der Waals surface area contributed by atoms with Crippen LogP contribution in [0.25, 0.3) is 0 Å². The van der Waals surface area contributed by atoms with Crippen molar-refractivity contribution in [2.45, 2.75) is 18.5 Å². The van der Waals surface area contributed by atoms with Gasteiger partial charge in [-0.3, -0.25) is 0 Å². The third kappa shape index (κ3) is 5.05. The Morgan fingerprint density at radius 1 is 1.28 bits per heavy atom. The van der Waals surface area contributed by atoms with Gasteiger partial charge in [-0.2, -0.15) is 15.0 Å². The smallest absolute Gasteiger partial charge is 0.230 e. The molecule has 7 heteroatoms. The van der Waals surface area contributed by atoms with Gasteiger partial charge in [-0.05, 0) is 6.42 Å². The first-order valence-electron chi connectivity index (χ1n) is 5.96. The second-order valence-electron chi connectivity index (χ2n) is 3.90. The molecule has 1 aromatic heterocycles. The predicted molar refractivity (Wildman–Crippen MR) is 75.5 cm³/mol. The van der Waals surface area contributed by atoms with E-state index in [2.05, 4.69) is 27.2 Å². The Morgan fingerprint density at radius 2 is 2.06 bits per heavy atom. The molecule has 1 N–H and O–H groups in total. The van der Waals surface area contributed by atoms with E-state index in [-0.39, 0.29) is 0 Å². The molecule has 0 amide bonds. The van der Waals surface area contributed by atoms with Gasteiger partial charge in [0.15, 0.2) is 5.16 Å². The van der Waals surface area contributed by atoms with E-state index < -0.39 is 0 Å². The Balaban J connectivity index is 2.77. The molecule has 0 bridgehead atoms. The van der Waals surface area contributed by atoms with Crippen LogP contribution in [-0.2, 0) is 4.74 Å². The maximum absolute atomic E-state index is 5.02. The summed E-state index contributed by atoms with van der Waals surface area (Å²) >= 11 is 1.57. The molecule has 0 spiro atoms. The quantitative estimate of drug-likeness (QED) is 0.568. The zero-order valence-corrected chi connectivity index (χ0v) is 12.3. The molecule has 0 atom stereocenters. The Labute approximate surface area is 113 Å². The first kappa shape index (κ1) is 15.0. The SMILES string of the molecule is CCCNc1nc(SCCOC)nc(N(C)C)n1. The van der Waals surface area contributed by atoms with Gasteiger partial charge in [0, 0.05) is 33.5 Å². The van der Waals surface area contributed by atoms with Crippen LogP contribution in [0.15, 0.2) is 5.16 Å². The van der Waals surface area contributed by atoms with Gasteiger partial charge in [-0.1, -0.05) is 18.7 Å². The average Bonchev–Trinajstić information content (AvgIpc) is 2.36. The fraction of sp³-hybridized carbons (Fsp3) is 0.727. The standard InChI is InChI=1S/C11H21N5OS/c1-5-6-12-9-13-10(16(2)3)15-11(14-9)18-8-7-17-4/h5-8H2,1-4H3,(H,12,13,14,15). The molecule has 102 valence electrons. The summed E-state index contributed by atoms with van der Waals surface area (Å²) in [7, 11) is 5.53. The number of ether oxygens (including phenoxy) is 1. The molecule has 1 heterocycles. The molecule has 0 saturated heterocycles. The number of aromatic nitrogens is 3. The Morgan fingerprint density at radius 3 is 2.67 bits per heavy atom. The van der Waals surface area contributed by atoms with Gasteiger partial charge >= 0.3 is 0 Å². The average molecular weight is 271 g/mol. The minimum atomic E-state index is 0.635. The van der Waals surface area contributed by atoms with E-state index in [1.54, 1.807) is 18.9 Å². The number of anilines is 2. The van der Waals surface area contributed by atoms with Crippen molar-refractivity contribution in [2.24, 2.45) is 0 Å². The van der Waals surface area contributed by atoms with E-state index >= 15 is 0 Å². The number of rotatable bonds is 8. The number of methoxy groups -OCH3 is 1. The van der Waals surface area contributed by atoms with Crippen molar-refractivity contribution in [1.29, 1.82) is 0 Å². The van der Waals surface area contributed by atoms with E-state index in [4.69, 9.17) is 4.74 Å². The second-order valence-corrected chi connectivity index (χ2v) is 4.97. The topological polar surface area (TPSA) is 63.2 Å². The molecular weight excluding hydrogens is 250 g/mol. The number of thioether (sulfide) groups is 1. The molecule has 0 aliphatic rings. The molecular formula is C11H21N5OS. The summed E-state index contributed by atoms with van der Waals surface area (Å²) in [6.07, 6.45) is 1.04. The highest BCUT2D eigenvalue weighted by atomic mass is 32.2. The van der Waals surface area contributed by atoms with Crippen molar-refractivity contribution in [3.8, 4) is 0 Å². The minimum absolute atomic E-state index is 0.635. The van der Waals surface area contributed by atoms with Gasteiger partial charge in [0.25, 0.3) is 0 Å². The Bertz CT molecular complexity index is 361. The van der Waals surface area contributed by atoms with Gasteiger partial charge in [0.1, 0.15) is 0 Å². The lowest BCUT2D eigenvalue weighted by Gasteiger charge is -2.13. The number of nitrogens with zero attached hydrogens (tertiary/aromatic N) is 4. The Hall–Kier alpha value is -1.08. The largest absolute Gasteiger partial charge is 0.384 e. The lowest BCUT2D eigenvalue weighted by molar-refractivity contribution is 0.218. The van der Waals surface area contributed by atoms with Crippen LogP contribution < -0.4 is 10.2 Å². The molecule has 0 aliphatic carbocycles. The van der Waals surface area contributed by atoms with Crippen molar-refractivity contribution in [3.05, 3.63) is 0 Å². The van der Waals surface area contributed by atoms with E-state index in [0.717, 1.165) is 23.9 Å². The van der Waals surface area contributed by atoms with Crippen LogP contribution in [0.5, 0.6) is 0 Å². The minimum Gasteiger partial charge on any atom is -0.384 e. The summed E-state index contributed by atoms with van der Waals surface area (Å²) < 4.78 is 5.02. The maximum atomic E-state index is 5.02. The molecule has 0 aliphatic heterocycles. The summed E-state index contributed by atoms with van der Waals surface area (Å²) in [5, 5.41) is 3.91. The van der Waals surface area contributed by atoms with Gasteiger partial charge in [0.2, 0.25) is 11.9 Å². The Kier molecular flexibility index (Phi) is 6.74. The van der Waals surface area contributed by atoms with E-state index in [1.807, 2.05) is 19.0 Å². The molecule has 0 saturated carbocycles. The van der Waals surface area contributed by atoms with E-state index in [1.165, 1.54) is 0 Å². The highest BCUT2D eigenvalue weighted by molar-refractivity contribution is 7.99. The lowest BCUT2D eigenvalue weighted by atomic mass is 10.5. The lowest BCUT2D eigenvalue weighted by Crippen LogP contribution is -2.16. The van der Waals surface area contributed by atoms with Gasteiger partial charge in [0.05, 0.1) is 6.61 Å². The number of nitrogens with one attached hydrogen (secondary N) is 1. The van der Waals surface area contributed by atoms with Crippen LogP contribution in [-0.4, -0.2) is 55.1 Å². The molecule has 6 nitrogen and oxygen atoms in total. The fourth-order valence-electron chi connectivity index (χ4n) is 1.14. The summed E-state index contributed by atoms with van der Waals surface area (Å²) in [6, 6.07) is 0. The van der Waals surface area contributed by atoms with Crippen molar-refractivity contribution in [3.63, 3.8) is 0 Å². The summed E-state index contributed by atoms with van der Waals surface area (Å²) in [5.74, 6) is 2.14. The number of hydrogen-bond donors (Lipinski definition) is 1. The van der Waals surface area contributed by atoms with Crippen LogP contribution in [0.4, 0.5) is 11.9 Å². The van der Waals surface area contributed by atoms with Crippen LogP contribution >= 0.6 is 11.8 Å². The molecule has 0 unspecified atom stereocenters.